The number of anilines is 2. The SMILES string of the molecule is CCCc1nc(N2CCN(C(=O)Nc3cccc(CC)c3)CC2)c2c3c(sc2n1)C[C@@H](C)CC3. The summed E-state index contributed by atoms with van der Waals surface area (Å²) < 4.78 is 0. The van der Waals surface area contributed by atoms with E-state index in [0.717, 1.165) is 73.3 Å². The van der Waals surface area contributed by atoms with E-state index in [1.54, 1.807) is 0 Å². The van der Waals surface area contributed by atoms with Crippen molar-refractivity contribution in [1.29, 1.82) is 0 Å². The van der Waals surface area contributed by atoms with Gasteiger partial charge in [-0.25, -0.2) is 14.8 Å². The van der Waals surface area contributed by atoms with E-state index in [2.05, 4.69) is 43.1 Å². The van der Waals surface area contributed by atoms with Gasteiger partial charge in [-0.15, -0.1) is 11.3 Å². The zero-order chi connectivity index (χ0) is 23.7. The van der Waals surface area contributed by atoms with Gasteiger partial charge < -0.3 is 15.1 Å². The molecule has 0 radical (unpaired) electrons. The molecule has 1 aliphatic carbocycles. The number of carbonyl (C=O) groups excluding carboxylic acids is 1. The molecule has 1 aromatic carbocycles. The van der Waals surface area contributed by atoms with Gasteiger partial charge in [0.05, 0.1) is 5.39 Å². The number of aryl methyl sites for hydroxylation is 3. The van der Waals surface area contributed by atoms with Gasteiger partial charge in [-0.05, 0) is 61.3 Å². The Bertz CT molecular complexity index is 1180. The van der Waals surface area contributed by atoms with Crippen LogP contribution in [0.2, 0.25) is 0 Å². The Labute approximate surface area is 206 Å². The molecule has 2 amide bonds. The number of nitrogens with one attached hydrogen (secondary N) is 1. The second kappa shape index (κ2) is 9.90. The van der Waals surface area contributed by atoms with Crippen LogP contribution in [0, 0.1) is 5.92 Å². The molecule has 1 atom stereocenters. The van der Waals surface area contributed by atoms with E-state index in [9.17, 15) is 4.79 Å². The first-order valence-corrected chi connectivity index (χ1v) is 13.6. The summed E-state index contributed by atoms with van der Waals surface area (Å²) in [7, 11) is 0. The number of fused-ring (bicyclic) bond motifs is 3. The highest BCUT2D eigenvalue weighted by Crippen LogP contribution is 2.41. The molecule has 6 nitrogen and oxygen atoms in total. The van der Waals surface area contributed by atoms with Crippen LogP contribution in [-0.2, 0) is 25.7 Å². The fourth-order valence-electron chi connectivity index (χ4n) is 5.12. The predicted octanol–water partition coefficient (Wildman–Crippen LogP) is 5.69. The molecule has 0 bridgehead atoms. The minimum absolute atomic E-state index is 0.0192. The lowest BCUT2D eigenvalue weighted by Gasteiger charge is -2.36. The van der Waals surface area contributed by atoms with E-state index in [0.29, 0.717) is 13.1 Å². The van der Waals surface area contributed by atoms with E-state index in [1.165, 1.54) is 27.8 Å². The predicted molar refractivity (Wildman–Crippen MR) is 141 cm³/mol. The van der Waals surface area contributed by atoms with Crippen LogP contribution in [0.3, 0.4) is 0 Å². The molecule has 7 heteroatoms. The molecule has 0 spiro atoms. The monoisotopic (exact) mass is 477 g/mol. The fourth-order valence-corrected chi connectivity index (χ4v) is 6.52. The van der Waals surface area contributed by atoms with Crippen molar-refractivity contribution in [1.82, 2.24) is 14.9 Å². The first kappa shape index (κ1) is 23.1. The lowest BCUT2D eigenvalue weighted by molar-refractivity contribution is 0.208. The van der Waals surface area contributed by atoms with Gasteiger partial charge in [-0.1, -0.05) is 32.9 Å². The molecule has 0 unspecified atom stereocenters. The largest absolute Gasteiger partial charge is 0.352 e. The van der Waals surface area contributed by atoms with Gasteiger partial charge in [0.25, 0.3) is 0 Å². The van der Waals surface area contributed by atoms with Gasteiger partial charge in [0.15, 0.2) is 0 Å². The van der Waals surface area contributed by atoms with Crippen molar-refractivity contribution in [3.05, 3.63) is 46.1 Å². The second-order valence-electron chi connectivity index (χ2n) is 9.70. The van der Waals surface area contributed by atoms with Crippen LogP contribution in [0.4, 0.5) is 16.3 Å². The summed E-state index contributed by atoms with van der Waals surface area (Å²) in [6, 6.07) is 8.09. The summed E-state index contributed by atoms with van der Waals surface area (Å²) >= 11 is 1.88. The number of aromatic nitrogens is 2. The van der Waals surface area contributed by atoms with Crippen LogP contribution < -0.4 is 10.2 Å². The number of hydrogen-bond donors (Lipinski definition) is 1. The number of hydrogen-bond acceptors (Lipinski definition) is 5. The Morgan fingerprint density at radius 1 is 1.18 bits per heavy atom. The molecule has 5 rings (SSSR count). The average molecular weight is 478 g/mol. The van der Waals surface area contributed by atoms with Crippen LogP contribution >= 0.6 is 11.3 Å². The number of amides is 2. The lowest BCUT2D eigenvalue weighted by atomic mass is 9.89. The molecule has 3 aromatic rings. The number of nitrogens with zero attached hydrogens (tertiary/aromatic N) is 4. The summed E-state index contributed by atoms with van der Waals surface area (Å²) in [5, 5.41) is 4.36. The zero-order valence-electron chi connectivity index (χ0n) is 20.6. The molecule has 1 saturated heterocycles. The smallest absolute Gasteiger partial charge is 0.321 e. The first-order chi connectivity index (χ1) is 16.6. The van der Waals surface area contributed by atoms with Crippen molar-refractivity contribution in [3.63, 3.8) is 0 Å². The molecule has 0 saturated carbocycles. The Kier molecular flexibility index (Phi) is 6.73. The fraction of sp³-hybridized carbons (Fsp3) is 0.519. The normalized spacial score (nSPS) is 18.3. The Hall–Kier alpha value is -2.67. The summed E-state index contributed by atoms with van der Waals surface area (Å²) in [6.07, 6.45) is 6.43. The van der Waals surface area contributed by atoms with Crippen LogP contribution in [-0.4, -0.2) is 47.1 Å². The van der Waals surface area contributed by atoms with Crippen molar-refractivity contribution >= 4 is 39.1 Å². The molecule has 2 aliphatic rings. The third-order valence-corrected chi connectivity index (χ3v) is 8.26. The van der Waals surface area contributed by atoms with Crippen LogP contribution in [0.15, 0.2) is 24.3 Å². The molecular weight excluding hydrogens is 442 g/mol. The van der Waals surface area contributed by atoms with Gasteiger partial charge >= 0.3 is 6.03 Å². The topological polar surface area (TPSA) is 61.4 Å². The summed E-state index contributed by atoms with van der Waals surface area (Å²) in [6.45, 7) is 9.63. The van der Waals surface area contributed by atoms with E-state index >= 15 is 0 Å². The summed E-state index contributed by atoms with van der Waals surface area (Å²) in [5.41, 5.74) is 3.58. The van der Waals surface area contributed by atoms with E-state index in [4.69, 9.17) is 9.97 Å². The Morgan fingerprint density at radius 2 is 2.00 bits per heavy atom. The molecule has 1 N–H and O–H groups in total. The number of piperazine rings is 1. The Morgan fingerprint density at radius 3 is 2.76 bits per heavy atom. The number of thiophene rings is 1. The van der Waals surface area contributed by atoms with Gasteiger partial charge in [0.2, 0.25) is 0 Å². The lowest BCUT2D eigenvalue weighted by Crippen LogP contribution is -2.50. The number of carbonyl (C=O) groups is 1. The maximum absolute atomic E-state index is 12.9. The minimum Gasteiger partial charge on any atom is -0.352 e. The summed E-state index contributed by atoms with van der Waals surface area (Å²) in [4.78, 5) is 29.9. The number of benzene rings is 1. The average Bonchev–Trinajstić information content (AvgIpc) is 3.21. The Balaban J connectivity index is 1.35. The van der Waals surface area contributed by atoms with Crippen molar-refractivity contribution in [2.45, 2.75) is 59.3 Å². The van der Waals surface area contributed by atoms with Gasteiger partial charge in [-0.2, -0.15) is 0 Å². The number of urea groups is 1. The quantitative estimate of drug-likeness (QED) is 0.513. The third kappa shape index (κ3) is 4.63. The van der Waals surface area contributed by atoms with Crippen molar-refractivity contribution in [3.8, 4) is 0 Å². The van der Waals surface area contributed by atoms with Gasteiger partial charge in [-0.3, -0.25) is 0 Å². The van der Waals surface area contributed by atoms with Crippen molar-refractivity contribution in [2.24, 2.45) is 5.92 Å². The summed E-state index contributed by atoms with van der Waals surface area (Å²) in [5.74, 6) is 2.79. The van der Waals surface area contributed by atoms with Crippen LogP contribution in [0.25, 0.3) is 10.2 Å². The van der Waals surface area contributed by atoms with Crippen molar-refractivity contribution in [2.75, 3.05) is 36.4 Å². The molecule has 1 fully saturated rings. The maximum Gasteiger partial charge on any atom is 0.321 e. The van der Waals surface area contributed by atoms with Crippen LogP contribution in [0.5, 0.6) is 0 Å². The zero-order valence-corrected chi connectivity index (χ0v) is 21.4. The van der Waals surface area contributed by atoms with Crippen LogP contribution in [0.1, 0.15) is 55.4 Å². The molecule has 180 valence electrons. The molecule has 1 aliphatic heterocycles. The highest BCUT2D eigenvalue weighted by atomic mass is 32.1. The van der Waals surface area contributed by atoms with Gasteiger partial charge in [0.1, 0.15) is 16.5 Å². The third-order valence-electron chi connectivity index (χ3n) is 7.11. The highest BCUT2D eigenvalue weighted by molar-refractivity contribution is 7.19. The van der Waals surface area contributed by atoms with E-state index in [1.807, 2.05) is 28.4 Å². The highest BCUT2D eigenvalue weighted by Gasteiger charge is 2.28. The van der Waals surface area contributed by atoms with E-state index < -0.39 is 0 Å². The van der Waals surface area contributed by atoms with Crippen molar-refractivity contribution < 1.29 is 4.79 Å². The second-order valence-corrected chi connectivity index (χ2v) is 10.8. The number of rotatable bonds is 5. The minimum atomic E-state index is -0.0192. The van der Waals surface area contributed by atoms with Gasteiger partial charge in [0, 0.05) is 43.2 Å². The molecule has 2 aromatic heterocycles. The first-order valence-electron chi connectivity index (χ1n) is 12.8. The molecule has 34 heavy (non-hydrogen) atoms. The van der Waals surface area contributed by atoms with E-state index in [-0.39, 0.29) is 6.03 Å². The molecular formula is C27H35N5OS. The maximum atomic E-state index is 12.9. The standard InChI is InChI=1S/C27H35N5OS/c1-4-7-23-29-25(24-21-11-10-18(3)16-22(21)34-26(24)30-23)31-12-14-32(15-13-31)27(33)28-20-9-6-8-19(5-2)17-20/h6,8-9,17-18H,4-5,7,10-16H2,1-3H3,(H,28,33)/t18-/m0/s1. The molecule has 3 heterocycles.